The number of aromatic nitrogens is 2. The summed E-state index contributed by atoms with van der Waals surface area (Å²) in [6, 6.07) is 4.15. The Morgan fingerprint density at radius 1 is 1.31 bits per heavy atom. The molecule has 3 rings (SSSR count). The normalized spacial score (nSPS) is 13.7. The van der Waals surface area contributed by atoms with Gasteiger partial charge in [0.2, 0.25) is 12.7 Å². The van der Waals surface area contributed by atoms with Crippen molar-refractivity contribution in [3.63, 3.8) is 0 Å². The van der Waals surface area contributed by atoms with Crippen molar-refractivity contribution in [2.75, 3.05) is 12.1 Å². The fourth-order valence-corrected chi connectivity index (χ4v) is 1.74. The van der Waals surface area contributed by atoms with Crippen LogP contribution in [0, 0.1) is 0 Å². The summed E-state index contributed by atoms with van der Waals surface area (Å²) in [5.74, 6) is 2.30. The SMILES string of the molecule is CC(C)Nc1nc2cc3c(cc2[nH]1)OCO3. The van der Waals surface area contributed by atoms with Crippen molar-refractivity contribution in [1.82, 2.24) is 9.97 Å². The molecule has 0 spiro atoms. The van der Waals surface area contributed by atoms with Crippen LogP contribution in [0.1, 0.15) is 13.8 Å². The van der Waals surface area contributed by atoms with E-state index in [4.69, 9.17) is 9.47 Å². The Kier molecular flexibility index (Phi) is 1.92. The van der Waals surface area contributed by atoms with Gasteiger partial charge in [-0.2, -0.15) is 0 Å². The Morgan fingerprint density at radius 3 is 2.81 bits per heavy atom. The molecule has 0 atom stereocenters. The first-order chi connectivity index (χ1) is 7.72. The Hall–Kier alpha value is -1.91. The van der Waals surface area contributed by atoms with Gasteiger partial charge in [-0.05, 0) is 13.8 Å². The lowest BCUT2D eigenvalue weighted by Crippen LogP contribution is -2.10. The third kappa shape index (κ3) is 1.44. The van der Waals surface area contributed by atoms with Crippen LogP contribution < -0.4 is 14.8 Å². The number of hydrogen-bond donors (Lipinski definition) is 2. The molecule has 2 N–H and O–H groups in total. The summed E-state index contributed by atoms with van der Waals surface area (Å²) in [6.45, 7) is 4.43. The highest BCUT2D eigenvalue weighted by molar-refractivity contribution is 5.81. The third-order valence-electron chi connectivity index (χ3n) is 2.40. The molecule has 0 unspecified atom stereocenters. The fourth-order valence-electron chi connectivity index (χ4n) is 1.74. The maximum Gasteiger partial charge on any atom is 0.231 e. The smallest absolute Gasteiger partial charge is 0.231 e. The summed E-state index contributed by atoms with van der Waals surface area (Å²) >= 11 is 0. The summed E-state index contributed by atoms with van der Waals surface area (Å²) in [5, 5.41) is 3.22. The van der Waals surface area contributed by atoms with E-state index in [1.54, 1.807) is 0 Å². The van der Waals surface area contributed by atoms with Crippen LogP contribution in [-0.4, -0.2) is 22.8 Å². The van der Waals surface area contributed by atoms with Crippen LogP contribution in [0.4, 0.5) is 5.95 Å². The standard InChI is InChI=1S/C11H13N3O2/c1-6(2)12-11-13-7-3-9-10(16-5-15-9)4-8(7)14-11/h3-4,6H,5H2,1-2H3,(H2,12,13,14). The first kappa shape index (κ1) is 9.33. The molecular weight excluding hydrogens is 206 g/mol. The molecule has 1 aliphatic heterocycles. The summed E-state index contributed by atoms with van der Waals surface area (Å²) in [7, 11) is 0. The molecule has 16 heavy (non-hydrogen) atoms. The number of rotatable bonds is 2. The van der Waals surface area contributed by atoms with E-state index in [0.29, 0.717) is 12.8 Å². The predicted octanol–water partition coefficient (Wildman–Crippen LogP) is 2.11. The lowest BCUT2D eigenvalue weighted by atomic mass is 10.3. The second-order valence-corrected chi connectivity index (χ2v) is 4.11. The number of H-pyrrole nitrogens is 1. The number of nitrogens with one attached hydrogen (secondary N) is 2. The van der Waals surface area contributed by atoms with E-state index < -0.39 is 0 Å². The van der Waals surface area contributed by atoms with E-state index in [-0.39, 0.29) is 0 Å². The van der Waals surface area contributed by atoms with Gasteiger partial charge in [-0.25, -0.2) is 4.98 Å². The van der Waals surface area contributed by atoms with Crippen LogP contribution in [0.15, 0.2) is 12.1 Å². The molecule has 0 aliphatic carbocycles. The number of nitrogens with zero attached hydrogens (tertiary/aromatic N) is 1. The van der Waals surface area contributed by atoms with Gasteiger partial charge in [0.15, 0.2) is 11.5 Å². The lowest BCUT2D eigenvalue weighted by molar-refractivity contribution is 0.174. The van der Waals surface area contributed by atoms with Gasteiger partial charge in [0, 0.05) is 18.2 Å². The Bertz CT molecular complexity index is 492. The first-order valence-corrected chi connectivity index (χ1v) is 5.28. The molecule has 5 heteroatoms. The van der Waals surface area contributed by atoms with Crippen molar-refractivity contribution >= 4 is 17.0 Å². The van der Waals surface area contributed by atoms with Crippen LogP contribution in [-0.2, 0) is 0 Å². The maximum absolute atomic E-state index is 5.31. The highest BCUT2D eigenvalue weighted by Crippen LogP contribution is 2.35. The summed E-state index contributed by atoms with van der Waals surface area (Å²) in [5.41, 5.74) is 1.83. The molecule has 0 amide bonds. The van der Waals surface area contributed by atoms with E-state index in [1.807, 2.05) is 12.1 Å². The van der Waals surface area contributed by atoms with Crippen LogP contribution in [0.2, 0.25) is 0 Å². The average Bonchev–Trinajstić information content (AvgIpc) is 2.76. The number of benzene rings is 1. The molecule has 1 aromatic carbocycles. The van der Waals surface area contributed by atoms with Crippen molar-refractivity contribution in [3.8, 4) is 11.5 Å². The van der Waals surface area contributed by atoms with E-state index in [1.165, 1.54) is 0 Å². The number of fused-ring (bicyclic) bond motifs is 2. The minimum atomic E-state index is 0.291. The summed E-state index contributed by atoms with van der Waals surface area (Å²) in [6.07, 6.45) is 0. The minimum Gasteiger partial charge on any atom is -0.454 e. The molecule has 0 bridgehead atoms. The monoisotopic (exact) mass is 219 g/mol. The average molecular weight is 219 g/mol. The number of imidazole rings is 1. The third-order valence-corrected chi connectivity index (χ3v) is 2.40. The molecule has 0 saturated heterocycles. The van der Waals surface area contributed by atoms with Gasteiger partial charge in [-0.1, -0.05) is 0 Å². The Balaban J connectivity index is 2.05. The molecule has 0 radical (unpaired) electrons. The maximum atomic E-state index is 5.31. The van der Waals surface area contributed by atoms with Gasteiger partial charge in [0.1, 0.15) is 0 Å². The summed E-state index contributed by atoms with van der Waals surface area (Å²) in [4.78, 5) is 7.63. The molecule has 5 nitrogen and oxygen atoms in total. The fraction of sp³-hybridized carbons (Fsp3) is 0.364. The summed E-state index contributed by atoms with van der Waals surface area (Å²) < 4.78 is 10.6. The van der Waals surface area contributed by atoms with Gasteiger partial charge in [0.05, 0.1) is 11.0 Å². The highest BCUT2D eigenvalue weighted by atomic mass is 16.7. The van der Waals surface area contributed by atoms with Crippen LogP contribution >= 0.6 is 0 Å². The second-order valence-electron chi connectivity index (χ2n) is 4.11. The van der Waals surface area contributed by atoms with Crippen LogP contribution in [0.5, 0.6) is 11.5 Å². The molecule has 1 aliphatic rings. The predicted molar refractivity (Wildman–Crippen MR) is 61.0 cm³/mol. The topological polar surface area (TPSA) is 59.2 Å². The van der Waals surface area contributed by atoms with E-state index in [9.17, 15) is 0 Å². The van der Waals surface area contributed by atoms with Gasteiger partial charge in [-0.3, -0.25) is 0 Å². The Labute approximate surface area is 92.8 Å². The van der Waals surface area contributed by atoms with Crippen LogP contribution in [0.3, 0.4) is 0 Å². The second kappa shape index (κ2) is 3.30. The number of anilines is 1. The van der Waals surface area contributed by atoms with E-state index >= 15 is 0 Å². The van der Waals surface area contributed by atoms with E-state index in [2.05, 4.69) is 29.1 Å². The molecule has 0 fully saturated rings. The zero-order valence-electron chi connectivity index (χ0n) is 9.20. The molecule has 2 aromatic rings. The number of hydrogen-bond acceptors (Lipinski definition) is 4. The highest BCUT2D eigenvalue weighted by Gasteiger charge is 2.16. The van der Waals surface area contributed by atoms with E-state index in [0.717, 1.165) is 28.5 Å². The van der Waals surface area contributed by atoms with Crippen molar-refractivity contribution in [2.24, 2.45) is 0 Å². The molecular formula is C11H13N3O2. The zero-order valence-corrected chi connectivity index (χ0v) is 9.20. The Morgan fingerprint density at radius 2 is 2.06 bits per heavy atom. The van der Waals surface area contributed by atoms with Gasteiger partial charge < -0.3 is 19.8 Å². The first-order valence-electron chi connectivity index (χ1n) is 5.28. The zero-order chi connectivity index (χ0) is 11.1. The van der Waals surface area contributed by atoms with Crippen LogP contribution in [0.25, 0.3) is 11.0 Å². The quantitative estimate of drug-likeness (QED) is 0.812. The molecule has 0 saturated carbocycles. The number of aromatic amines is 1. The van der Waals surface area contributed by atoms with Crippen molar-refractivity contribution < 1.29 is 9.47 Å². The van der Waals surface area contributed by atoms with Gasteiger partial charge >= 0.3 is 0 Å². The van der Waals surface area contributed by atoms with Crippen molar-refractivity contribution in [3.05, 3.63) is 12.1 Å². The van der Waals surface area contributed by atoms with Crippen molar-refractivity contribution in [2.45, 2.75) is 19.9 Å². The van der Waals surface area contributed by atoms with Gasteiger partial charge in [0.25, 0.3) is 0 Å². The molecule has 1 aromatic heterocycles. The number of ether oxygens (including phenoxy) is 2. The molecule has 2 heterocycles. The van der Waals surface area contributed by atoms with Crippen molar-refractivity contribution in [1.29, 1.82) is 0 Å². The largest absolute Gasteiger partial charge is 0.454 e. The molecule has 84 valence electrons. The lowest BCUT2D eigenvalue weighted by Gasteiger charge is -2.04. The minimum absolute atomic E-state index is 0.291. The van der Waals surface area contributed by atoms with Gasteiger partial charge in [-0.15, -0.1) is 0 Å².